The van der Waals surface area contributed by atoms with Gasteiger partial charge in [0, 0.05) is 18.9 Å². The van der Waals surface area contributed by atoms with E-state index >= 15 is 0 Å². The summed E-state index contributed by atoms with van der Waals surface area (Å²) >= 11 is 0. The van der Waals surface area contributed by atoms with Gasteiger partial charge in [-0.2, -0.15) is 13.2 Å². The van der Waals surface area contributed by atoms with Crippen molar-refractivity contribution in [1.82, 2.24) is 10.6 Å². The monoisotopic (exact) mass is 614 g/mol. The number of esters is 1. The maximum absolute atomic E-state index is 13.2. The molecule has 0 radical (unpaired) electrons. The number of hydrogen-bond acceptors (Lipinski definition) is 9. The van der Waals surface area contributed by atoms with Crippen LogP contribution in [0.5, 0.6) is 0 Å². The second-order valence-electron chi connectivity index (χ2n) is 10.7. The van der Waals surface area contributed by atoms with E-state index in [1.54, 1.807) is 32.9 Å². The Kier molecular flexibility index (Phi) is 12.0. The fourth-order valence-electron chi connectivity index (χ4n) is 5.04. The van der Waals surface area contributed by atoms with Gasteiger partial charge in [0.05, 0.1) is 23.9 Å². The van der Waals surface area contributed by atoms with E-state index in [2.05, 4.69) is 10.6 Å². The second kappa shape index (κ2) is 14.6. The largest absolute Gasteiger partial charge is 0.490 e. The van der Waals surface area contributed by atoms with Crippen LogP contribution in [-0.4, -0.2) is 84.4 Å². The highest BCUT2D eigenvalue weighted by molar-refractivity contribution is 6.10. The van der Waals surface area contributed by atoms with Crippen molar-refractivity contribution in [2.24, 2.45) is 11.7 Å². The quantitative estimate of drug-likeness (QED) is 0.109. The number of anilines is 1. The van der Waals surface area contributed by atoms with Crippen LogP contribution in [0, 0.1) is 5.92 Å². The minimum Gasteiger partial charge on any atom is -0.475 e. The molecule has 1 aromatic rings. The van der Waals surface area contributed by atoms with Crippen LogP contribution in [0.1, 0.15) is 62.4 Å². The standard InChI is InChI=1S/C26H36N4O6.C2HF3O2/c1-17(2)36-24(35)26(25(16-32,29-26)10-12-31)18(3)15-30-21-9-8-19(7-5-4-6-11-27)13-20(21)23(34)28-14-22(30)33;3-2(4,5)1(6)7/h8-9,12-13,16-18,29H,4-7,10-11,14-15,27H2,1-3H3,(H,28,34);(H,6,7)/t18?,25?,26-;/m0./s1. The lowest BCUT2D eigenvalue weighted by Crippen LogP contribution is -2.49. The Bertz CT molecular complexity index is 1220. The van der Waals surface area contributed by atoms with E-state index in [1.165, 1.54) is 4.90 Å². The van der Waals surface area contributed by atoms with Crippen molar-refractivity contribution in [3.8, 4) is 0 Å². The third-order valence-electron chi connectivity index (χ3n) is 7.24. The van der Waals surface area contributed by atoms with E-state index in [0.29, 0.717) is 30.4 Å². The molecule has 2 heterocycles. The molecule has 2 aliphatic heterocycles. The molecule has 0 bridgehead atoms. The fourth-order valence-corrected chi connectivity index (χ4v) is 5.04. The number of hydrogen-bond donors (Lipinski definition) is 4. The molecule has 0 aliphatic carbocycles. The number of halogens is 3. The van der Waals surface area contributed by atoms with Crippen LogP contribution in [0.25, 0.3) is 0 Å². The van der Waals surface area contributed by atoms with Gasteiger partial charge >= 0.3 is 18.1 Å². The Morgan fingerprint density at radius 3 is 2.35 bits per heavy atom. The summed E-state index contributed by atoms with van der Waals surface area (Å²) < 4.78 is 37.2. The molecule has 1 saturated heterocycles. The molecule has 15 heteroatoms. The minimum atomic E-state index is -5.08. The first-order valence-corrected chi connectivity index (χ1v) is 13.7. The zero-order valence-corrected chi connectivity index (χ0v) is 24.2. The molecule has 1 aromatic carbocycles. The van der Waals surface area contributed by atoms with E-state index in [-0.39, 0.29) is 31.3 Å². The van der Waals surface area contributed by atoms with Crippen molar-refractivity contribution in [1.29, 1.82) is 0 Å². The van der Waals surface area contributed by atoms with Crippen molar-refractivity contribution in [3.05, 3.63) is 29.3 Å². The van der Waals surface area contributed by atoms with Crippen LogP contribution in [0.15, 0.2) is 18.2 Å². The Labute approximate surface area is 246 Å². The Morgan fingerprint density at radius 2 is 1.81 bits per heavy atom. The number of aldehydes is 2. The second-order valence-corrected chi connectivity index (χ2v) is 10.7. The third kappa shape index (κ3) is 8.16. The molecule has 3 rings (SSSR count). The highest BCUT2D eigenvalue weighted by atomic mass is 19.4. The van der Waals surface area contributed by atoms with Gasteiger partial charge in [0.1, 0.15) is 23.7 Å². The number of carbonyl (C=O) groups is 6. The number of carboxylic acid groups (broad SMARTS) is 1. The lowest BCUT2D eigenvalue weighted by Gasteiger charge is -2.30. The molecule has 0 spiro atoms. The Balaban J connectivity index is 0.000000821. The number of unbranched alkanes of at least 4 members (excludes halogenated alkanes) is 2. The maximum atomic E-state index is 13.2. The third-order valence-corrected chi connectivity index (χ3v) is 7.24. The summed E-state index contributed by atoms with van der Waals surface area (Å²) in [6.07, 6.45) is -0.917. The van der Waals surface area contributed by atoms with Crippen molar-refractivity contribution >= 4 is 42.0 Å². The van der Waals surface area contributed by atoms with Gasteiger partial charge in [0.2, 0.25) is 5.91 Å². The zero-order chi connectivity index (χ0) is 32.6. The summed E-state index contributed by atoms with van der Waals surface area (Å²) in [4.78, 5) is 72.8. The van der Waals surface area contributed by atoms with Gasteiger partial charge in [-0.05, 0) is 57.4 Å². The molecule has 5 N–H and O–H groups in total. The summed E-state index contributed by atoms with van der Waals surface area (Å²) in [6.45, 7) is 5.59. The van der Waals surface area contributed by atoms with Crippen LogP contribution in [0.4, 0.5) is 18.9 Å². The predicted molar refractivity (Wildman–Crippen MR) is 147 cm³/mol. The summed E-state index contributed by atoms with van der Waals surface area (Å²) in [7, 11) is 0. The minimum absolute atomic E-state index is 0.0330. The number of carbonyl (C=O) groups excluding carboxylic acids is 5. The molecule has 12 nitrogen and oxygen atoms in total. The van der Waals surface area contributed by atoms with Gasteiger partial charge in [-0.1, -0.05) is 19.4 Å². The number of alkyl halides is 3. The first-order valence-electron chi connectivity index (χ1n) is 13.7. The normalized spacial score (nSPS) is 21.9. The number of aliphatic carboxylic acids is 1. The number of nitrogens with two attached hydrogens (primary N) is 1. The van der Waals surface area contributed by atoms with E-state index in [4.69, 9.17) is 20.4 Å². The van der Waals surface area contributed by atoms with Gasteiger partial charge in [-0.15, -0.1) is 0 Å². The molecule has 0 saturated carbocycles. The SMILES string of the molecule is CC(C)OC(=O)[C@]1(C(C)CN2C(=O)CNC(=O)c3cc(CCCCCN)ccc32)NC1(C=O)CC=O.O=C(O)C(F)(F)F. The van der Waals surface area contributed by atoms with Crippen LogP contribution < -0.4 is 21.3 Å². The van der Waals surface area contributed by atoms with Gasteiger partial charge < -0.3 is 35.4 Å². The number of benzene rings is 1. The number of rotatable bonds is 13. The predicted octanol–water partition coefficient (Wildman–Crippen LogP) is 1.52. The molecule has 2 amide bonds. The number of aryl methyl sites for hydroxylation is 1. The number of ether oxygens (including phenoxy) is 1. The maximum Gasteiger partial charge on any atom is 0.490 e. The average molecular weight is 615 g/mol. The fraction of sp³-hybridized carbons (Fsp3) is 0.571. The van der Waals surface area contributed by atoms with E-state index in [1.807, 2.05) is 6.07 Å². The van der Waals surface area contributed by atoms with Gasteiger partial charge in [0.25, 0.3) is 5.91 Å². The molecule has 1 fully saturated rings. The van der Waals surface area contributed by atoms with Gasteiger partial charge in [-0.25, -0.2) is 9.59 Å². The Morgan fingerprint density at radius 1 is 1.16 bits per heavy atom. The highest BCUT2D eigenvalue weighted by Gasteiger charge is 2.75. The smallest absolute Gasteiger partial charge is 0.475 e. The average Bonchev–Trinajstić information content (AvgIpc) is 3.64. The zero-order valence-electron chi connectivity index (χ0n) is 24.2. The van der Waals surface area contributed by atoms with Gasteiger partial charge in [0.15, 0.2) is 0 Å². The Hall–Kier alpha value is -3.85. The number of amides is 2. The topological polar surface area (TPSA) is 195 Å². The molecule has 2 unspecified atom stereocenters. The lowest BCUT2D eigenvalue weighted by molar-refractivity contribution is -0.192. The van der Waals surface area contributed by atoms with Crippen LogP contribution in [0.3, 0.4) is 0 Å². The van der Waals surface area contributed by atoms with Crippen LogP contribution in [-0.2, 0) is 35.1 Å². The summed E-state index contributed by atoms with van der Waals surface area (Å²) in [5.74, 6) is -4.71. The van der Waals surface area contributed by atoms with Gasteiger partial charge in [-0.3, -0.25) is 14.9 Å². The lowest BCUT2D eigenvalue weighted by atomic mass is 9.81. The summed E-state index contributed by atoms with van der Waals surface area (Å²) in [6, 6.07) is 5.44. The van der Waals surface area contributed by atoms with Crippen molar-refractivity contribution in [2.45, 2.75) is 76.2 Å². The van der Waals surface area contributed by atoms with Crippen LogP contribution in [0.2, 0.25) is 0 Å². The highest BCUT2D eigenvalue weighted by Crippen LogP contribution is 2.47. The molecule has 0 aromatic heterocycles. The number of nitrogens with one attached hydrogen (secondary N) is 2. The molecule has 3 atom stereocenters. The number of fused-ring (bicyclic) bond motifs is 1. The van der Waals surface area contributed by atoms with E-state index in [9.17, 15) is 37.1 Å². The summed E-state index contributed by atoms with van der Waals surface area (Å²) in [5.41, 5.74) is 4.49. The van der Waals surface area contributed by atoms with Crippen molar-refractivity contribution in [3.63, 3.8) is 0 Å². The van der Waals surface area contributed by atoms with E-state index < -0.39 is 41.2 Å². The first kappa shape index (κ1) is 35.3. The summed E-state index contributed by atoms with van der Waals surface area (Å²) in [5, 5.41) is 12.7. The van der Waals surface area contributed by atoms with Crippen molar-refractivity contribution < 1.29 is 51.8 Å². The molecular weight excluding hydrogens is 577 g/mol. The molecular formula is C28H37F3N4O8. The molecule has 43 heavy (non-hydrogen) atoms. The number of nitrogens with zero attached hydrogens (tertiary/aromatic N) is 1. The number of carboxylic acids is 1. The van der Waals surface area contributed by atoms with E-state index in [0.717, 1.165) is 31.2 Å². The van der Waals surface area contributed by atoms with Crippen LogP contribution >= 0.6 is 0 Å². The molecule has 2 aliphatic rings. The first-order chi connectivity index (χ1) is 20.1. The molecule has 238 valence electrons. The van der Waals surface area contributed by atoms with Crippen molar-refractivity contribution in [2.75, 3.05) is 24.5 Å².